The molecule has 1 amide bonds. The Kier molecular flexibility index (Phi) is 8.04. The zero-order valence-corrected chi connectivity index (χ0v) is 19.5. The Hall–Kier alpha value is -4.39. The summed E-state index contributed by atoms with van der Waals surface area (Å²) in [6.45, 7) is 0. The molecular formula is C24H15Cl2N3O6. The maximum atomic E-state index is 12.5. The molecule has 3 aromatic carbocycles. The van der Waals surface area contributed by atoms with E-state index in [0.29, 0.717) is 10.6 Å². The number of nitro benzene ring substituents is 1. The number of ether oxygens (including phenoxy) is 2. The Labute approximate surface area is 209 Å². The number of anilines is 1. The van der Waals surface area contributed by atoms with E-state index in [1.54, 1.807) is 18.2 Å². The monoisotopic (exact) mass is 511 g/mol. The van der Waals surface area contributed by atoms with Crippen molar-refractivity contribution in [1.82, 2.24) is 0 Å². The summed E-state index contributed by atoms with van der Waals surface area (Å²) in [5, 5.41) is 23.3. The number of carbonyl (C=O) groups is 2. The minimum atomic E-state index is -0.790. The molecule has 3 aromatic rings. The van der Waals surface area contributed by atoms with Gasteiger partial charge < -0.3 is 14.8 Å². The molecule has 0 atom stereocenters. The molecule has 0 heterocycles. The lowest BCUT2D eigenvalue weighted by molar-refractivity contribution is -0.384. The van der Waals surface area contributed by atoms with Gasteiger partial charge in [-0.2, -0.15) is 5.26 Å². The molecule has 0 aliphatic rings. The lowest BCUT2D eigenvalue weighted by atomic mass is 10.1. The van der Waals surface area contributed by atoms with E-state index in [2.05, 4.69) is 5.32 Å². The Bertz CT molecular complexity index is 1380. The highest BCUT2D eigenvalue weighted by Crippen LogP contribution is 2.30. The largest absolute Gasteiger partial charge is 0.493 e. The van der Waals surface area contributed by atoms with Crippen molar-refractivity contribution < 1.29 is 24.0 Å². The molecule has 0 spiro atoms. The summed E-state index contributed by atoms with van der Waals surface area (Å²) in [6, 6.07) is 16.1. The molecule has 0 aliphatic heterocycles. The average molecular weight is 512 g/mol. The zero-order chi connectivity index (χ0) is 25.5. The second-order valence-electron chi connectivity index (χ2n) is 6.85. The lowest BCUT2D eigenvalue weighted by Crippen LogP contribution is -2.13. The second kappa shape index (κ2) is 11.2. The number of nitrogens with zero attached hydrogens (tertiary/aromatic N) is 2. The standard InChI is InChI=1S/C24H15Cl2N3O6/c1-34-22-11-14(2-9-21(22)35-24(31)15-3-5-17(25)6-4-15)10-16(13-27)23(30)28-18-7-8-19(26)20(12-18)29(32)33/h2-12H,1H3,(H,28,30)/b16-10+. The van der Waals surface area contributed by atoms with Crippen molar-refractivity contribution in [3.63, 3.8) is 0 Å². The summed E-state index contributed by atoms with van der Waals surface area (Å²) in [4.78, 5) is 35.3. The van der Waals surface area contributed by atoms with Crippen LogP contribution in [0.5, 0.6) is 11.5 Å². The number of hydrogen-bond donors (Lipinski definition) is 1. The van der Waals surface area contributed by atoms with Crippen molar-refractivity contribution in [1.29, 1.82) is 5.26 Å². The number of amides is 1. The van der Waals surface area contributed by atoms with Gasteiger partial charge in [-0.15, -0.1) is 0 Å². The van der Waals surface area contributed by atoms with Crippen LogP contribution in [0.15, 0.2) is 66.2 Å². The minimum absolute atomic E-state index is 0.0898. The molecule has 9 nitrogen and oxygen atoms in total. The molecule has 0 saturated heterocycles. The molecule has 35 heavy (non-hydrogen) atoms. The number of hydrogen-bond acceptors (Lipinski definition) is 7. The summed E-state index contributed by atoms with van der Waals surface area (Å²) in [5.41, 5.74) is 0.110. The van der Waals surface area contributed by atoms with E-state index < -0.39 is 16.8 Å². The van der Waals surface area contributed by atoms with Gasteiger partial charge in [0.1, 0.15) is 16.7 Å². The molecule has 0 aromatic heterocycles. The van der Waals surface area contributed by atoms with Crippen LogP contribution in [0, 0.1) is 21.4 Å². The predicted octanol–water partition coefficient (Wildman–Crippen LogP) is 5.68. The maximum Gasteiger partial charge on any atom is 0.343 e. The molecule has 0 saturated carbocycles. The number of methoxy groups -OCH3 is 1. The normalized spacial score (nSPS) is 10.7. The Morgan fingerprint density at radius 3 is 2.40 bits per heavy atom. The van der Waals surface area contributed by atoms with E-state index >= 15 is 0 Å². The van der Waals surface area contributed by atoms with Gasteiger partial charge >= 0.3 is 5.97 Å². The van der Waals surface area contributed by atoms with Crippen LogP contribution in [-0.4, -0.2) is 23.9 Å². The highest BCUT2D eigenvalue weighted by atomic mass is 35.5. The third-order valence-electron chi connectivity index (χ3n) is 4.55. The van der Waals surface area contributed by atoms with Gasteiger partial charge in [-0.3, -0.25) is 14.9 Å². The molecule has 0 aliphatic carbocycles. The highest BCUT2D eigenvalue weighted by Gasteiger charge is 2.17. The van der Waals surface area contributed by atoms with Crippen molar-refractivity contribution in [3.05, 3.63) is 97.5 Å². The quantitative estimate of drug-likeness (QED) is 0.108. The number of esters is 1. The number of carbonyl (C=O) groups excluding carboxylic acids is 2. The molecule has 3 rings (SSSR count). The molecule has 0 bridgehead atoms. The van der Waals surface area contributed by atoms with E-state index in [1.807, 2.05) is 0 Å². The second-order valence-corrected chi connectivity index (χ2v) is 7.70. The lowest BCUT2D eigenvalue weighted by Gasteiger charge is -2.10. The van der Waals surface area contributed by atoms with E-state index in [4.69, 9.17) is 32.7 Å². The molecule has 1 N–H and O–H groups in total. The molecule has 176 valence electrons. The summed E-state index contributed by atoms with van der Waals surface area (Å²) < 4.78 is 10.7. The van der Waals surface area contributed by atoms with Gasteiger partial charge in [0.15, 0.2) is 11.5 Å². The van der Waals surface area contributed by atoms with Gasteiger partial charge in [0, 0.05) is 16.8 Å². The number of halogens is 2. The third kappa shape index (κ3) is 6.35. The van der Waals surface area contributed by atoms with E-state index in [0.717, 1.165) is 6.07 Å². The Balaban J connectivity index is 1.80. The first-order chi connectivity index (χ1) is 16.7. The highest BCUT2D eigenvalue weighted by molar-refractivity contribution is 6.32. The number of nitro groups is 1. The molecule has 0 fully saturated rings. The van der Waals surface area contributed by atoms with Gasteiger partial charge in [-0.05, 0) is 60.2 Å². The van der Waals surface area contributed by atoms with Gasteiger partial charge in [-0.1, -0.05) is 29.3 Å². The van der Waals surface area contributed by atoms with Gasteiger partial charge in [0.25, 0.3) is 11.6 Å². The third-order valence-corrected chi connectivity index (χ3v) is 5.12. The predicted molar refractivity (Wildman–Crippen MR) is 130 cm³/mol. The molecule has 0 radical (unpaired) electrons. The van der Waals surface area contributed by atoms with Gasteiger partial charge in [0.2, 0.25) is 0 Å². The summed E-state index contributed by atoms with van der Waals surface area (Å²) in [7, 11) is 1.37. The van der Waals surface area contributed by atoms with Crippen molar-refractivity contribution in [3.8, 4) is 17.6 Å². The minimum Gasteiger partial charge on any atom is -0.493 e. The van der Waals surface area contributed by atoms with Crippen LogP contribution in [0.25, 0.3) is 6.08 Å². The van der Waals surface area contributed by atoms with E-state index in [9.17, 15) is 25.0 Å². The average Bonchev–Trinajstić information content (AvgIpc) is 2.84. The fourth-order valence-electron chi connectivity index (χ4n) is 2.85. The SMILES string of the molecule is COc1cc(/C=C(\C#N)C(=O)Nc2ccc(Cl)c([N+](=O)[O-])c2)ccc1OC(=O)c1ccc(Cl)cc1. The summed E-state index contributed by atoms with van der Waals surface area (Å²) in [6.07, 6.45) is 1.28. The first kappa shape index (κ1) is 25.2. The van der Waals surface area contributed by atoms with Crippen LogP contribution < -0.4 is 14.8 Å². The van der Waals surface area contributed by atoms with Crippen LogP contribution in [0.1, 0.15) is 15.9 Å². The molecule has 11 heteroatoms. The first-order valence-electron chi connectivity index (χ1n) is 9.74. The fraction of sp³-hybridized carbons (Fsp3) is 0.0417. The van der Waals surface area contributed by atoms with Crippen LogP contribution in [-0.2, 0) is 4.79 Å². The first-order valence-corrected chi connectivity index (χ1v) is 10.5. The van der Waals surface area contributed by atoms with Crippen LogP contribution in [0.2, 0.25) is 10.0 Å². The maximum absolute atomic E-state index is 12.5. The van der Waals surface area contributed by atoms with E-state index in [1.165, 1.54) is 55.7 Å². The fourth-order valence-corrected chi connectivity index (χ4v) is 3.16. The number of rotatable bonds is 7. The summed E-state index contributed by atoms with van der Waals surface area (Å²) in [5.74, 6) is -1.10. The van der Waals surface area contributed by atoms with Crippen LogP contribution in [0.3, 0.4) is 0 Å². The van der Waals surface area contributed by atoms with Gasteiger partial charge in [-0.25, -0.2) is 4.79 Å². The van der Waals surface area contributed by atoms with Crippen molar-refractivity contribution in [2.75, 3.05) is 12.4 Å². The topological polar surface area (TPSA) is 132 Å². The Morgan fingerprint density at radius 2 is 1.77 bits per heavy atom. The number of nitriles is 1. The smallest absolute Gasteiger partial charge is 0.343 e. The van der Waals surface area contributed by atoms with E-state index in [-0.39, 0.29) is 39.0 Å². The Morgan fingerprint density at radius 1 is 1.06 bits per heavy atom. The molecule has 0 unspecified atom stereocenters. The van der Waals surface area contributed by atoms with Crippen molar-refractivity contribution in [2.24, 2.45) is 0 Å². The number of benzene rings is 3. The van der Waals surface area contributed by atoms with Crippen molar-refractivity contribution >= 4 is 52.5 Å². The van der Waals surface area contributed by atoms with Crippen LogP contribution in [0.4, 0.5) is 11.4 Å². The molecular weight excluding hydrogens is 497 g/mol. The van der Waals surface area contributed by atoms with Crippen molar-refractivity contribution in [2.45, 2.75) is 0 Å². The number of nitrogens with one attached hydrogen (secondary N) is 1. The van der Waals surface area contributed by atoms with Gasteiger partial charge in [0.05, 0.1) is 17.6 Å². The summed E-state index contributed by atoms with van der Waals surface area (Å²) >= 11 is 11.6. The zero-order valence-electron chi connectivity index (χ0n) is 18.0. The van der Waals surface area contributed by atoms with Crippen LogP contribution >= 0.6 is 23.2 Å².